The number of aromatic nitrogens is 3. The number of carbonyl (C=O) groups excluding carboxylic acids is 1. The Morgan fingerprint density at radius 2 is 2.23 bits per heavy atom. The molecular weight excluding hydrogens is 278 g/mol. The van der Waals surface area contributed by atoms with Crippen molar-refractivity contribution < 1.29 is 4.79 Å². The summed E-state index contributed by atoms with van der Waals surface area (Å²) in [5.41, 5.74) is 6.35. The smallest absolute Gasteiger partial charge is 0.261 e. The largest absolute Gasteiger partial charge is 0.361 e. The third kappa shape index (κ3) is 2.90. The first kappa shape index (κ1) is 14.1. The standard InChI is InChI=1S/C16H17N5O/c1-11-7-12(2)21(20-11)10-16(22)19-18-9-13-8-17-15-6-4-3-5-14(13)15/h3-9,17H,10H2,1-2H3,(H,19,22)/b18-9+. The van der Waals surface area contributed by atoms with Crippen LogP contribution >= 0.6 is 0 Å². The van der Waals surface area contributed by atoms with E-state index in [4.69, 9.17) is 0 Å². The lowest BCUT2D eigenvalue weighted by Crippen LogP contribution is -2.24. The Bertz CT molecular complexity index is 843. The summed E-state index contributed by atoms with van der Waals surface area (Å²) in [6.07, 6.45) is 3.50. The van der Waals surface area contributed by atoms with E-state index >= 15 is 0 Å². The Kier molecular flexibility index (Phi) is 3.74. The number of H-pyrrole nitrogens is 1. The minimum absolute atomic E-state index is 0.158. The number of benzene rings is 1. The van der Waals surface area contributed by atoms with Crippen LogP contribution in [0.25, 0.3) is 10.9 Å². The van der Waals surface area contributed by atoms with E-state index in [-0.39, 0.29) is 12.5 Å². The molecule has 0 fully saturated rings. The highest BCUT2D eigenvalue weighted by Gasteiger charge is 2.06. The van der Waals surface area contributed by atoms with Crippen LogP contribution in [0.15, 0.2) is 41.6 Å². The molecule has 2 heterocycles. The van der Waals surface area contributed by atoms with Gasteiger partial charge in [-0.15, -0.1) is 0 Å². The summed E-state index contributed by atoms with van der Waals surface area (Å²) in [6.45, 7) is 3.98. The number of carbonyl (C=O) groups is 1. The van der Waals surface area contributed by atoms with Gasteiger partial charge in [0, 0.05) is 28.4 Å². The van der Waals surface area contributed by atoms with Crippen LogP contribution in [-0.4, -0.2) is 26.9 Å². The van der Waals surface area contributed by atoms with E-state index in [0.717, 1.165) is 27.9 Å². The van der Waals surface area contributed by atoms with Crippen molar-refractivity contribution in [2.45, 2.75) is 20.4 Å². The zero-order valence-electron chi connectivity index (χ0n) is 12.5. The van der Waals surface area contributed by atoms with Gasteiger partial charge >= 0.3 is 0 Å². The number of para-hydroxylation sites is 1. The first-order valence-electron chi connectivity index (χ1n) is 7.02. The van der Waals surface area contributed by atoms with Crippen molar-refractivity contribution in [3.8, 4) is 0 Å². The Balaban J connectivity index is 1.64. The van der Waals surface area contributed by atoms with E-state index in [1.54, 1.807) is 10.9 Å². The maximum Gasteiger partial charge on any atom is 0.261 e. The molecule has 0 unspecified atom stereocenters. The molecule has 3 aromatic rings. The number of hydrogen-bond acceptors (Lipinski definition) is 3. The maximum absolute atomic E-state index is 11.9. The van der Waals surface area contributed by atoms with Crippen molar-refractivity contribution in [3.63, 3.8) is 0 Å². The van der Waals surface area contributed by atoms with Crippen LogP contribution in [-0.2, 0) is 11.3 Å². The van der Waals surface area contributed by atoms with Crippen LogP contribution < -0.4 is 5.43 Å². The molecule has 2 N–H and O–H groups in total. The summed E-state index contributed by atoms with van der Waals surface area (Å²) in [7, 11) is 0. The second-order valence-corrected chi connectivity index (χ2v) is 5.17. The first-order valence-corrected chi connectivity index (χ1v) is 7.02. The summed E-state index contributed by atoms with van der Waals surface area (Å²) in [5, 5.41) is 9.33. The maximum atomic E-state index is 11.9. The Labute approximate surface area is 127 Å². The number of aromatic amines is 1. The summed E-state index contributed by atoms with van der Waals surface area (Å²) >= 11 is 0. The molecule has 0 saturated heterocycles. The van der Waals surface area contributed by atoms with Crippen molar-refractivity contribution >= 4 is 23.0 Å². The van der Waals surface area contributed by atoms with E-state index in [1.165, 1.54) is 0 Å². The lowest BCUT2D eigenvalue weighted by molar-refractivity contribution is -0.121. The van der Waals surface area contributed by atoms with Crippen molar-refractivity contribution in [2.24, 2.45) is 5.10 Å². The third-order valence-electron chi connectivity index (χ3n) is 3.41. The van der Waals surface area contributed by atoms with Crippen molar-refractivity contribution in [1.82, 2.24) is 20.2 Å². The molecule has 0 radical (unpaired) electrons. The molecular formula is C16H17N5O. The highest BCUT2D eigenvalue weighted by Crippen LogP contribution is 2.15. The number of nitrogens with one attached hydrogen (secondary N) is 2. The van der Waals surface area contributed by atoms with E-state index in [9.17, 15) is 4.79 Å². The summed E-state index contributed by atoms with van der Waals surface area (Å²) < 4.78 is 1.66. The molecule has 0 aliphatic heterocycles. The Morgan fingerprint density at radius 1 is 1.41 bits per heavy atom. The average molecular weight is 295 g/mol. The van der Waals surface area contributed by atoms with E-state index in [1.807, 2.05) is 50.4 Å². The summed E-state index contributed by atoms with van der Waals surface area (Å²) in [5.74, 6) is -0.206. The van der Waals surface area contributed by atoms with Crippen molar-refractivity contribution in [3.05, 3.63) is 53.5 Å². The fourth-order valence-corrected chi connectivity index (χ4v) is 2.38. The lowest BCUT2D eigenvalue weighted by Gasteiger charge is -2.02. The SMILES string of the molecule is Cc1cc(C)n(CC(=O)N/N=C/c2c[nH]c3ccccc23)n1. The Morgan fingerprint density at radius 3 is 3.00 bits per heavy atom. The average Bonchev–Trinajstić information content (AvgIpc) is 3.03. The number of aryl methyl sites for hydroxylation is 2. The zero-order valence-corrected chi connectivity index (χ0v) is 12.5. The number of amides is 1. The van der Waals surface area contributed by atoms with Crippen LogP contribution in [0.1, 0.15) is 17.0 Å². The highest BCUT2D eigenvalue weighted by atomic mass is 16.2. The molecule has 1 amide bonds. The van der Waals surface area contributed by atoms with Gasteiger partial charge in [0.2, 0.25) is 0 Å². The number of hydrazone groups is 1. The molecule has 1 aromatic carbocycles. The molecule has 2 aromatic heterocycles. The van der Waals surface area contributed by atoms with E-state index < -0.39 is 0 Å². The molecule has 22 heavy (non-hydrogen) atoms. The minimum Gasteiger partial charge on any atom is -0.361 e. The molecule has 0 spiro atoms. The monoisotopic (exact) mass is 295 g/mol. The van der Waals surface area contributed by atoms with Crippen LogP contribution in [0.5, 0.6) is 0 Å². The van der Waals surface area contributed by atoms with Gasteiger partial charge in [0.05, 0.1) is 11.9 Å². The van der Waals surface area contributed by atoms with E-state index in [0.29, 0.717) is 0 Å². The van der Waals surface area contributed by atoms with Gasteiger partial charge in [-0.05, 0) is 26.0 Å². The molecule has 0 atom stereocenters. The van der Waals surface area contributed by atoms with Crippen LogP contribution in [0.4, 0.5) is 0 Å². The van der Waals surface area contributed by atoms with Gasteiger partial charge < -0.3 is 4.98 Å². The van der Waals surface area contributed by atoms with Crippen molar-refractivity contribution in [1.29, 1.82) is 0 Å². The van der Waals surface area contributed by atoms with Gasteiger partial charge in [0.1, 0.15) is 6.54 Å². The normalized spacial score (nSPS) is 11.4. The number of rotatable bonds is 4. The molecule has 112 valence electrons. The predicted octanol–water partition coefficient (Wildman–Crippen LogP) is 2.13. The van der Waals surface area contributed by atoms with Gasteiger partial charge in [0.15, 0.2) is 0 Å². The fourth-order valence-electron chi connectivity index (χ4n) is 2.38. The van der Waals surface area contributed by atoms with Gasteiger partial charge in [-0.3, -0.25) is 9.48 Å². The molecule has 3 rings (SSSR count). The minimum atomic E-state index is -0.206. The molecule has 0 saturated carbocycles. The van der Waals surface area contributed by atoms with Gasteiger partial charge in [-0.25, -0.2) is 5.43 Å². The van der Waals surface area contributed by atoms with Gasteiger partial charge in [0.25, 0.3) is 5.91 Å². The van der Waals surface area contributed by atoms with Crippen molar-refractivity contribution in [2.75, 3.05) is 0 Å². The van der Waals surface area contributed by atoms with E-state index in [2.05, 4.69) is 20.6 Å². The molecule has 0 bridgehead atoms. The molecule has 6 heteroatoms. The van der Waals surface area contributed by atoms with Gasteiger partial charge in [-0.1, -0.05) is 18.2 Å². The number of fused-ring (bicyclic) bond motifs is 1. The fraction of sp³-hybridized carbons (Fsp3) is 0.188. The predicted molar refractivity (Wildman–Crippen MR) is 85.7 cm³/mol. The number of nitrogens with zero attached hydrogens (tertiary/aromatic N) is 3. The van der Waals surface area contributed by atoms with Gasteiger partial charge in [-0.2, -0.15) is 10.2 Å². The highest BCUT2D eigenvalue weighted by molar-refractivity contribution is 5.99. The first-order chi connectivity index (χ1) is 10.6. The number of hydrogen-bond donors (Lipinski definition) is 2. The zero-order chi connectivity index (χ0) is 15.5. The second kappa shape index (κ2) is 5.85. The molecule has 6 nitrogen and oxygen atoms in total. The molecule has 0 aliphatic rings. The second-order valence-electron chi connectivity index (χ2n) is 5.17. The van der Waals surface area contributed by atoms with Crippen LogP contribution in [0.3, 0.4) is 0 Å². The topological polar surface area (TPSA) is 75.1 Å². The quantitative estimate of drug-likeness (QED) is 0.571. The third-order valence-corrected chi connectivity index (χ3v) is 3.41. The molecule has 0 aliphatic carbocycles. The summed E-state index contributed by atoms with van der Waals surface area (Å²) in [6, 6.07) is 9.87. The lowest BCUT2D eigenvalue weighted by atomic mass is 10.2. The van der Waals surface area contributed by atoms with Crippen LogP contribution in [0, 0.1) is 13.8 Å². The van der Waals surface area contributed by atoms with Crippen LogP contribution in [0.2, 0.25) is 0 Å². The summed E-state index contributed by atoms with van der Waals surface area (Å²) in [4.78, 5) is 15.0. The Hall–Kier alpha value is -2.89.